The molecule has 0 bridgehead atoms. The molecule has 2 aromatic carbocycles. The summed E-state index contributed by atoms with van der Waals surface area (Å²) in [5.41, 5.74) is 0.785. The summed E-state index contributed by atoms with van der Waals surface area (Å²) in [5.74, 6) is -1.49. The molecular weight excluding hydrogens is 438 g/mol. The van der Waals surface area contributed by atoms with Gasteiger partial charge in [-0.2, -0.15) is 0 Å². The van der Waals surface area contributed by atoms with Crippen molar-refractivity contribution < 1.29 is 29.1 Å². The number of carbonyl (C=O) groups is 4. The molecule has 9 heteroatoms. The van der Waals surface area contributed by atoms with Crippen molar-refractivity contribution in [2.75, 3.05) is 10.6 Å². The number of amides is 2. The lowest BCUT2D eigenvalue weighted by atomic mass is 9.98. The second kappa shape index (κ2) is 9.38. The fraction of sp³-hybridized carbons (Fsp3) is 0.280. The van der Waals surface area contributed by atoms with Crippen molar-refractivity contribution in [2.24, 2.45) is 5.41 Å². The Hall–Kier alpha value is -4.14. The summed E-state index contributed by atoms with van der Waals surface area (Å²) in [6.07, 6.45) is 0.144. The highest BCUT2D eigenvalue weighted by molar-refractivity contribution is 6.11. The van der Waals surface area contributed by atoms with E-state index >= 15 is 0 Å². The quantitative estimate of drug-likeness (QED) is 0.449. The van der Waals surface area contributed by atoms with E-state index in [9.17, 15) is 24.3 Å². The SMILES string of the molecule is CCC(=O)c1c(O)n(OC(=O)C(C)(C)C)c2cc(NC(=O)Nc3ccc(C(C)=O)cc3)ccc12. The predicted molar refractivity (Wildman–Crippen MR) is 128 cm³/mol. The molecule has 0 aliphatic carbocycles. The summed E-state index contributed by atoms with van der Waals surface area (Å²) in [7, 11) is 0. The van der Waals surface area contributed by atoms with Crippen molar-refractivity contribution in [3.8, 4) is 5.88 Å². The molecule has 0 unspecified atom stereocenters. The highest BCUT2D eigenvalue weighted by atomic mass is 16.7. The maximum Gasteiger partial charge on any atom is 0.338 e. The number of hydrogen-bond donors (Lipinski definition) is 3. The van der Waals surface area contributed by atoms with Gasteiger partial charge in [-0.3, -0.25) is 9.59 Å². The first-order chi connectivity index (χ1) is 15.9. The Kier molecular flexibility index (Phi) is 6.76. The smallest absolute Gasteiger partial charge is 0.338 e. The van der Waals surface area contributed by atoms with Crippen LogP contribution in [0, 0.1) is 5.41 Å². The zero-order chi connectivity index (χ0) is 25.2. The molecule has 2 amide bonds. The average molecular weight is 466 g/mol. The number of benzene rings is 2. The maximum atomic E-state index is 12.5. The summed E-state index contributed by atoms with van der Waals surface area (Å²) < 4.78 is 0.912. The number of hydrogen-bond acceptors (Lipinski definition) is 6. The molecule has 0 aliphatic heterocycles. The molecule has 178 valence electrons. The summed E-state index contributed by atoms with van der Waals surface area (Å²) in [6, 6.07) is 10.5. The minimum absolute atomic E-state index is 0.0424. The number of nitrogens with one attached hydrogen (secondary N) is 2. The lowest BCUT2D eigenvalue weighted by molar-refractivity contribution is -0.153. The van der Waals surface area contributed by atoms with Gasteiger partial charge < -0.3 is 20.6 Å². The summed E-state index contributed by atoms with van der Waals surface area (Å²) in [6.45, 7) is 8.11. The van der Waals surface area contributed by atoms with Crippen LogP contribution in [0.3, 0.4) is 0 Å². The molecule has 3 N–H and O–H groups in total. The van der Waals surface area contributed by atoms with E-state index in [1.165, 1.54) is 13.0 Å². The maximum absolute atomic E-state index is 12.5. The van der Waals surface area contributed by atoms with Gasteiger partial charge in [0, 0.05) is 28.7 Å². The minimum atomic E-state index is -0.856. The molecule has 0 fully saturated rings. The summed E-state index contributed by atoms with van der Waals surface area (Å²) in [4.78, 5) is 54.2. The van der Waals surface area contributed by atoms with Crippen molar-refractivity contribution in [3.63, 3.8) is 0 Å². The fourth-order valence-corrected chi connectivity index (χ4v) is 3.17. The van der Waals surface area contributed by atoms with Gasteiger partial charge in [0.25, 0.3) is 0 Å². The third kappa shape index (κ3) is 5.09. The molecule has 1 heterocycles. The third-order valence-electron chi connectivity index (χ3n) is 5.10. The number of urea groups is 1. The van der Waals surface area contributed by atoms with E-state index < -0.39 is 23.3 Å². The van der Waals surface area contributed by atoms with Crippen molar-refractivity contribution in [3.05, 3.63) is 53.6 Å². The standard InChI is InChI=1S/C25H27N3O6/c1-6-20(30)21-18-12-11-17(13-19(18)28(22(21)31)34-23(32)25(3,4)5)27-24(33)26-16-9-7-15(8-10-16)14(2)29/h7-13,31H,6H2,1-5H3,(H2,26,27,33). The fourth-order valence-electron chi connectivity index (χ4n) is 3.17. The van der Waals surface area contributed by atoms with E-state index in [2.05, 4.69) is 10.6 Å². The molecule has 0 saturated heterocycles. The third-order valence-corrected chi connectivity index (χ3v) is 5.10. The van der Waals surface area contributed by atoms with Gasteiger partial charge in [0.1, 0.15) is 0 Å². The molecule has 0 saturated carbocycles. The van der Waals surface area contributed by atoms with Gasteiger partial charge in [-0.1, -0.05) is 6.92 Å². The van der Waals surface area contributed by atoms with Crippen LogP contribution in [0.1, 0.15) is 61.8 Å². The van der Waals surface area contributed by atoms with E-state index in [1.807, 2.05) is 0 Å². The van der Waals surface area contributed by atoms with Crippen LogP contribution in [0.4, 0.5) is 16.2 Å². The molecule has 0 radical (unpaired) electrons. The largest absolute Gasteiger partial charge is 0.492 e. The highest BCUT2D eigenvalue weighted by Crippen LogP contribution is 2.34. The molecular formula is C25H27N3O6. The van der Waals surface area contributed by atoms with Crippen LogP contribution in [-0.2, 0) is 4.79 Å². The van der Waals surface area contributed by atoms with Gasteiger partial charge in [0.2, 0.25) is 5.88 Å². The van der Waals surface area contributed by atoms with E-state index in [0.29, 0.717) is 22.3 Å². The van der Waals surface area contributed by atoms with E-state index in [4.69, 9.17) is 4.84 Å². The number of anilines is 2. The summed E-state index contributed by atoms with van der Waals surface area (Å²) in [5, 5.41) is 16.4. The van der Waals surface area contributed by atoms with Crippen molar-refractivity contribution in [1.82, 2.24) is 4.73 Å². The van der Waals surface area contributed by atoms with Gasteiger partial charge in [-0.05, 0) is 70.2 Å². The molecule has 1 aromatic heterocycles. The Balaban J connectivity index is 1.92. The van der Waals surface area contributed by atoms with Crippen LogP contribution < -0.4 is 15.5 Å². The number of fused-ring (bicyclic) bond motifs is 1. The predicted octanol–water partition coefficient (Wildman–Crippen LogP) is 4.79. The van der Waals surface area contributed by atoms with Crippen LogP contribution in [0.15, 0.2) is 42.5 Å². The molecule has 3 aromatic rings. The molecule has 34 heavy (non-hydrogen) atoms. The lowest BCUT2D eigenvalue weighted by Crippen LogP contribution is -2.31. The second-order valence-electron chi connectivity index (χ2n) is 8.84. The summed E-state index contributed by atoms with van der Waals surface area (Å²) >= 11 is 0. The topological polar surface area (TPSA) is 127 Å². The minimum Gasteiger partial charge on any atom is -0.492 e. The van der Waals surface area contributed by atoms with Crippen molar-refractivity contribution >= 4 is 45.8 Å². The Morgan fingerprint density at radius 1 is 0.971 bits per heavy atom. The van der Waals surface area contributed by atoms with Gasteiger partial charge in [-0.15, -0.1) is 4.73 Å². The monoisotopic (exact) mass is 465 g/mol. The molecule has 0 spiro atoms. The Morgan fingerprint density at radius 3 is 2.12 bits per heavy atom. The highest BCUT2D eigenvalue weighted by Gasteiger charge is 2.29. The zero-order valence-electron chi connectivity index (χ0n) is 19.7. The normalized spacial score (nSPS) is 11.2. The van der Waals surface area contributed by atoms with Crippen LogP contribution in [0.5, 0.6) is 5.88 Å². The van der Waals surface area contributed by atoms with Crippen LogP contribution in [-0.4, -0.2) is 33.4 Å². The number of rotatable bonds is 6. The van der Waals surface area contributed by atoms with Crippen molar-refractivity contribution in [1.29, 1.82) is 0 Å². The number of aromatic nitrogens is 1. The van der Waals surface area contributed by atoms with Crippen LogP contribution in [0.2, 0.25) is 0 Å². The van der Waals surface area contributed by atoms with Gasteiger partial charge in [0.05, 0.1) is 16.5 Å². The van der Waals surface area contributed by atoms with Gasteiger partial charge in [0.15, 0.2) is 11.6 Å². The Morgan fingerprint density at radius 2 is 1.56 bits per heavy atom. The molecule has 3 rings (SSSR count). The van der Waals surface area contributed by atoms with Crippen LogP contribution in [0.25, 0.3) is 10.9 Å². The number of ketones is 2. The lowest BCUT2D eigenvalue weighted by Gasteiger charge is -2.17. The first kappa shape index (κ1) is 24.5. The van der Waals surface area contributed by atoms with E-state index in [1.54, 1.807) is 64.1 Å². The Labute approximate surface area is 196 Å². The Bertz CT molecular complexity index is 1280. The van der Waals surface area contributed by atoms with E-state index in [-0.39, 0.29) is 29.1 Å². The molecule has 9 nitrogen and oxygen atoms in total. The average Bonchev–Trinajstić information content (AvgIpc) is 3.03. The number of carbonyl (C=O) groups excluding carboxylic acids is 4. The number of Topliss-reactive ketones (excluding diaryl/α,β-unsaturated/α-hetero) is 2. The second-order valence-corrected chi connectivity index (χ2v) is 8.84. The van der Waals surface area contributed by atoms with Gasteiger partial charge in [-0.25, -0.2) is 9.59 Å². The molecule has 0 atom stereocenters. The van der Waals surface area contributed by atoms with Gasteiger partial charge >= 0.3 is 12.0 Å². The number of nitrogens with zero attached hydrogens (tertiary/aromatic N) is 1. The first-order valence-corrected chi connectivity index (χ1v) is 10.7. The van der Waals surface area contributed by atoms with Crippen LogP contribution >= 0.6 is 0 Å². The first-order valence-electron chi connectivity index (χ1n) is 10.7. The van der Waals surface area contributed by atoms with Crippen molar-refractivity contribution in [2.45, 2.75) is 41.0 Å². The molecule has 0 aliphatic rings. The number of aromatic hydroxyl groups is 1. The van der Waals surface area contributed by atoms with E-state index in [0.717, 1.165) is 4.73 Å². The zero-order valence-corrected chi connectivity index (χ0v) is 19.7.